The highest BCUT2D eigenvalue weighted by molar-refractivity contribution is 7.16. The Hall–Kier alpha value is -4.00. The molecule has 1 atom stereocenters. The second-order valence-electron chi connectivity index (χ2n) is 12.4. The number of phenols is 1. The van der Waals surface area contributed by atoms with Crippen LogP contribution in [-0.2, 0) is 17.7 Å². The van der Waals surface area contributed by atoms with Crippen LogP contribution in [0.2, 0.25) is 0 Å². The van der Waals surface area contributed by atoms with E-state index in [1.807, 2.05) is 29.2 Å². The van der Waals surface area contributed by atoms with Gasteiger partial charge in [0.2, 0.25) is 0 Å². The zero-order chi connectivity index (χ0) is 31.7. The first-order chi connectivity index (χ1) is 22.4. The highest BCUT2D eigenvalue weighted by atomic mass is 32.1. The molecular weight excluding hydrogens is 604 g/mol. The van der Waals surface area contributed by atoms with Crippen molar-refractivity contribution in [2.45, 2.75) is 37.5 Å². The van der Waals surface area contributed by atoms with Crippen molar-refractivity contribution in [3.8, 4) is 5.75 Å². The fourth-order valence-electron chi connectivity index (χ4n) is 6.75. The molecule has 7 rings (SSSR count). The summed E-state index contributed by atoms with van der Waals surface area (Å²) in [6, 6.07) is 19.3. The van der Waals surface area contributed by atoms with E-state index in [9.17, 15) is 19.8 Å². The summed E-state index contributed by atoms with van der Waals surface area (Å²) in [6.45, 7) is 5.49. The van der Waals surface area contributed by atoms with Crippen molar-refractivity contribution < 1.29 is 24.2 Å². The molecule has 3 aromatic carbocycles. The number of nitrogens with zero attached hydrogens (tertiary/aromatic N) is 2. The zero-order valence-corrected chi connectivity index (χ0v) is 26.4. The smallest absolute Gasteiger partial charge is 0.305 e. The highest BCUT2D eigenvalue weighted by Crippen LogP contribution is 2.33. The molecule has 10 nitrogen and oxygen atoms in total. The topological polar surface area (TPSA) is 131 Å². The molecule has 2 saturated heterocycles. The molecule has 2 fully saturated rings. The number of carbonyl (C=O) groups excluding carboxylic acids is 1. The number of aromatic amines is 1. The molecular formula is C35H38N4O6S. The average molecular weight is 643 g/mol. The summed E-state index contributed by atoms with van der Waals surface area (Å²) in [4.78, 5) is 31.9. The number of ether oxygens (including phenoxy) is 1. The number of carbonyl (C=O) groups is 1. The number of rotatable bonds is 9. The van der Waals surface area contributed by atoms with Crippen molar-refractivity contribution in [3.63, 3.8) is 0 Å². The molecule has 1 spiro atoms. The minimum atomic E-state index is -0.798. The number of aliphatic hydroxyl groups is 1. The van der Waals surface area contributed by atoms with E-state index < -0.39 is 6.10 Å². The summed E-state index contributed by atoms with van der Waals surface area (Å²) in [5, 5.41) is 25.0. The van der Waals surface area contributed by atoms with Gasteiger partial charge in [-0.05, 0) is 67.3 Å². The number of fused-ring (bicyclic) bond motifs is 2. The maximum Gasteiger partial charge on any atom is 0.305 e. The van der Waals surface area contributed by atoms with Gasteiger partial charge in [0.1, 0.15) is 16.8 Å². The number of aliphatic hydroxyl groups excluding tert-OH is 1. The van der Waals surface area contributed by atoms with Gasteiger partial charge in [0, 0.05) is 49.2 Å². The van der Waals surface area contributed by atoms with Gasteiger partial charge in [-0.3, -0.25) is 14.5 Å². The van der Waals surface area contributed by atoms with E-state index in [0.717, 1.165) is 61.2 Å². The van der Waals surface area contributed by atoms with E-state index in [4.69, 9.17) is 9.15 Å². The van der Waals surface area contributed by atoms with Gasteiger partial charge in [-0.15, -0.1) is 0 Å². The van der Waals surface area contributed by atoms with E-state index in [1.165, 1.54) is 17.2 Å². The van der Waals surface area contributed by atoms with Gasteiger partial charge in [-0.25, -0.2) is 0 Å². The molecule has 0 saturated carbocycles. The molecule has 2 aromatic heterocycles. The van der Waals surface area contributed by atoms with Crippen LogP contribution in [0.25, 0.3) is 21.2 Å². The summed E-state index contributed by atoms with van der Waals surface area (Å²) in [7, 11) is 0. The first kappa shape index (κ1) is 30.6. The number of thiazole rings is 1. The van der Waals surface area contributed by atoms with Crippen molar-refractivity contribution in [1.29, 1.82) is 0 Å². The Bertz CT molecular complexity index is 1910. The Morgan fingerprint density at radius 2 is 1.91 bits per heavy atom. The van der Waals surface area contributed by atoms with Crippen molar-refractivity contribution >= 4 is 38.4 Å². The summed E-state index contributed by atoms with van der Waals surface area (Å²) < 4.78 is 12.4. The summed E-state index contributed by atoms with van der Waals surface area (Å²) in [6.07, 6.45) is 3.43. The van der Waals surface area contributed by atoms with Gasteiger partial charge in [-0.2, -0.15) is 0 Å². The average Bonchev–Trinajstić information content (AvgIpc) is 3.71. The lowest BCUT2D eigenvalue weighted by molar-refractivity contribution is -0.127. The number of hydrogen-bond donors (Lipinski definition) is 4. The van der Waals surface area contributed by atoms with Gasteiger partial charge in [0.25, 0.3) is 5.91 Å². The lowest BCUT2D eigenvalue weighted by Crippen LogP contribution is -2.57. The molecule has 4 N–H and O–H groups in total. The second-order valence-corrected chi connectivity index (χ2v) is 13.4. The number of phenolic OH excluding ortho intramolecular Hbond substituents is 1. The van der Waals surface area contributed by atoms with E-state index in [-0.39, 0.29) is 22.1 Å². The predicted molar refractivity (Wildman–Crippen MR) is 177 cm³/mol. The number of furan rings is 1. The molecule has 4 heterocycles. The van der Waals surface area contributed by atoms with Crippen LogP contribution in [0.3, 0.4) is 0 Å². The van der Waals surface area contributed by atoms with E-state index in [1.54, 1.807) is 12.3 Å². The molecule has 0 aliphatic carbocycles. The minimum Gasteiger partial charge on any atom is -0.506 e. The van der Waals surface area contributed by atoms with Crippen molar-refractivity contribution in [1.82, 2.24) is 20.1 Å². The quantitative estimate of drug-likeness (QED) is 0.174. The van der Waals surface area contributed by atoms with Gasteiger partial charge in [0.15, 0.2) is 0 Å². The van der Waals surface area contributed by atoms with Crippen LogP contribution in [0.1, 0.15) is 46.0 Å². The number of amides is 1. The number of aromatic hydroxyl groups is 1. The number of H-pyrrole nitrogens is 1. The van der Waals surface area contributed by atoms with Gasteiger partial charge in [-0.1, -0.05) is 41.7 Å². The van der Waals surface area contributed by atoms with Crippen LogP contribution in [0.4, 0.5) is 0 Å². The molecule has 11 heteroatoms. The second kappa shape index (κ2) is 13.0. The highest BCUT2D eigenvalue weighted by Gasteiger charge is 2.41. The van der Waals surface area contributed by atoms with Crippen LogP contribution in [0.15, 0.2) is 76.1 Å². The molecule has 0 radical (unpaired) electrons. The fraction of sp³-hybridized carbons (Fsp3) is 0.371. The number of nitrogens with one attached hydrogen (secondary N) is 2. The SMILES string of the molecule is O=C(c1ccc2occc2c1)N1CCOC2(CCN(Cc3cccc(CCNCC(O)c4ccc(O)c5[nH]c(=O)sc45)c3)CC2)C1. The summed E-state index contributed by atoms with van der Waals surface area (Å²) in [5.74, 6) is 0.0492. The predicted octanol–water partition coefficient (Wildman–Crippen LogP) is 4.41. The maximum atomic E-state index is 13.4. The molecule has 2 aliphatic rings. The summed E-state index contributed by atoms with van der Waals surface area (Å²) in [5.41, 5.74) is 4.65. The van der Waals surface area contributed by atoms with Crippen LogP contribution >= 0.6 is 11.3 Å². The number of piperidine rings is 1. The number of aromatic nitrogens is 1. The molecule has 46 heavy (non-hydrogen) atoms. The first-order valence-corrected chi connectivity index (χ1v) is 16.6. The molecule has 1 unspecified atom stereocenters. The third-order valence-electron chi connectivity index (χ3n) is 9.28. The number of morpholine rings is 1. The number of benzene rings is 3. The lowest BCUT2D eigenvalue weighted by Gasteiger charge is -2.47. The Morgan fingerprint density at radius 3 is 2.78 bits per heavy atom. The summed E-state index contributed by atoms with van der Waals surface area (Å²) >= 11 is 0.992. The van der Waals surface area contributed by atoms with Crippen molar-refractivity contribution in [2.24, 2.45) is 0 Å². The van der Waals surface area contributed by atoms with E-state index in [2.05, 4.69) is 39.5 Å². The van der Waals surface area contributed by atoms with Crippen LogP contribution in [0, 0.1) is 0 Å². The molecule has 240 valence electrons. The number of hydrogen-bond acceptors (Lipinski definition) is 9. The molecule has 5 aromatic rings. The largest absolute Gasteiger partial charge is 0.506 e. The molecule has 1 amide bonds. The van der Waals surface area contributed by atoms with Crippen molar-refractivity contribution in [2.75, 3.05) is 45.9 Å². The fourth-order valence-corrected chi connectivity index (χ4v) is 7.66. The third kappa shape index (κ3) is 6.47. The van der Waals surface area contributed by atoms with Crippen LogP contribution in [-0.4, -0.2) is 82.4 Å². The normalized spacial score (nSPS) is 17.6. The van der Waals surface area contributed by atoms with Crippen LogP contribution in [0.5, 0.6) is 5.75 Å². The maximum absolute atomic E-state index is 13.4. The van der Waals surface area contributed by atoms with Gasteiger partial charge in [0.05, 0.1) is 35.8 Å². The molecule has 2 aliphatic heterocycles. The Labute approximate surface area is 270 Å². The zero-order valence-electron chi connectivity index (χ0n) is 25.5. The van der Waals surface area contributed by atoms with E-state index in [0.29, 0.717) is 54.1 Å². The number of likely N-dealkylation sites (tertiary alicyclic amines) is 1. The van der Waals surface area contributed by atoms with Crippen LogP contribution < -0.4 is 10.2 Å². The van der Waals surface area contributed by atoms with Gasteiger partial charge < -0.3 is 34.6 Å². The minimum absolute atomic E-state index is 0.00225. The van der Waals surface area contributed by atoms with E-state index >= 15 is 0 Å². The Balaban J connectivity index is 0.886. The molecule has 0 bridgehead atoms. The third-order valence-corrected chi connectivity index (χ3v) is 10.2. The Morgan fingerprint density at radius 1 is 1.07 bits per heavy atom. The Kier molecular flexibility index (Phi) is 8.67. The lowest BCUT2D eigenvalue weighted by atomic mass is 9.88. The van der Waals surface area contributed by atoms with Gasteiger partial charge >= 0.3 is 4.87 Å². The monoisotopic (exact) mass is 642 g/mol. The standard InChI is InChI=1S/C35H38N4O6S/c40-28-6-5-27(32-31(28)37-34(43)46-32)29(41)20-36-12-8-23-2-1-3-24(18-23)21-38-13-10-35(11-14-38)22-39(15-17-45-35)33(42)26-4-7-30-25(19-26)9-16-44-30/h1-7,9,16,18-19,29,36,40-41H,8,10-15,17,20-22H2,(H,37,43). The van der Waals surface area contributed by atoms with Crippen molar-refractivity contribution in [3.05, 3.63) is 98.8 Å². The first-order valence-electron chi connectivity index (χ1n) is 15.8.